The van der Waals surface area contributed by atoms with Crippen LogP contribution in [0.1, 0.15) is 43.4 Å². The Bertz CT molecular complexity index is 1250. The van der Waals surface area contributed by atoms with E-state index in [4.69, 9.17) is 17.0 Å². The molecule has 3 fully saturated rings. The molecule has 3 aliphatic rings. The molecular weight excluding hydrogens is 505 g/mol. The highest BCUT2D eigenvalue weighted by Gasteiger charge is 2.59. The lowest BCUT2D eigenvalue weighted by atomic mass is 9.75. The van der Waals surface area contributed by atoms with Crippen LogP contribution < -0.4 is 14.5 Å². The number of anilines is 2. The van der Waals surface area contributed by atoms with Crippen molar-refractivity contribution in [1.82, 2.24) is 14.9 Å². The van der Waals surface area contributed by atoms with Crippen LogP contribution in [-0.2, 0) is 4.79 Å². The molecule has 2 saturated heterocycles. The molecule has 2 aliphatic heterocycles. The monoisotopic (exact) mass is 530 g/mol. The van der Waals surface area contributed by atoms with Gasteiger partial charge in [-0.05, 0) is 68.9 Å². The van der Waals surface area contributed by atoms with Crippen molar-refractivity contribution in [2.24, 2.45) is 0 Å². The number of amides is 1. The number of hydrogen-bond acceptors (Lipinski definition) is 7. The van der Waals surface area contributed by atoms with Gasteiger partial charge in [0.1, 0.15) is 23.4 Å². The first kappa shape index (κ1) is 25.4. The van der Waals surface area contributed by atoms with Crippen LogP contribution in [0.5, 0.6) is 5.88 Å². The SMILES string of the molecule is Cc1cc(N2C(=O)C3(CCC3)N(c3ccc(OC4CCN(CC(F)(F)F)CC4)nc3)C2=S)cnc1C#N. The fourth-order valence-electron chi connectivity index (χ4n) is 5.19. The number of pyridine rings is 2. The highest BCUT2D eigenvalue weighted by Crippen LogP contribution is 2.47. The van der Waals surface area contributed by atoms with Gasteiger partial charge in [0.05, 0.1) is 30.3 Å². The third-order valence-electron chi connectivity index (χ3n) is 7.22. The molecule has 1 saturated carbocycles. The van der Waals surface area contributed by atoms with Crippen LogP contribution in [0, 0.1) is 18.3 Å². The number of carbonyl (C=O) groups is 1. The largest absolute Gasteiger partial charge is 0.474 e. The lowest BCUT2D eigenvalue weighted by molar-refractivity contribution is -0.149. The number of halogens is 3. The molecule has 0 radical (unpaired) electrons. The predicted octanol–water partition coefficient (Wildman–Crippen LogP) is 4.12. The molecule has 2 aromatic rings. The van der Waals surface area contributed by atoms with E-state index in [0.717, 1.165) is 6.42 Å². The fraction of sp³-hybridized carbons (Fsp3) is 0.480. The molecule has 5 rings (SSSR count). The Morgan fingerprint density at radius 3 is 2.43 bits per heavy atom. The van der Waals surface area contributed by atoms with Gasteiger partial charge in [-0.1, -0.05) is 0 Å². The van der Waals surface area contributed by atoms with Crippen LogP contribution in [0.2, 0.25) is 0 Å². The van der Waals surface area contributed by atoms with Gasteiger partial charge in [-0.2, -0.15) is 18.4 Å². The van der Waals surface area contributed by atoms with E-state index in [1.807, 2.05) is 11.0 Å². The van der Waals surface area contributed by atoms with E-state index >= 15 is 0 Å². The maximum Gasteiger partial charge on any atom is 0.401 e. The Kier molecular flexibility index (Phi) is 6.53. The Morgan fingerprint density at radius 1 is 1.19 bits per heavy atom. The van der Waals surface area contributed by atoms with Crippen molar-refractivity contribution < 1.29 is 22.7 Å². The van der Waals surface area contributed by atoms with Crippen molar-refractivity contribution >= 4 is 34.6 Å². The molecule has 37 heavy (non-hydrogen) atoms. The molecular formula is C25H25F3N6O2S. The van der Waals surface area contributed by atoms with Gasteiger partial charge in [0, 0.05) is 19.2 Å². The molecule has 0 atom stereocenters. The number of alkyl halides is 3. The second-order valence-electron chi connectivity index (χ2n) is 9.68. The number of piperidine rings is 1. The second-order valence-corrected chi connectivity index (χ2v) is 10.0. The summed E-state index contributed by atoms with van der Waals surface area (Å²) in [5, 5.41) is 9.51. The number of aromatic nitrogens is 2. The molecule has 1 amide bonds. The maximum atomic E-state index is 13.6. The van der Waals surface area contributed by atoms with Gasteiger partial charge in [-0.25, -0.2) is 9.97 Å². The minimum Gasteiger partial charge on any atom is -0.474 e. The third-order valence-corrected chi connectivity index (χ3v) is 7.59. The zero-order valence-electron chi connectivity index (χ0n) is 20.2. The number of nitriles is 1. The first-order chi connectivity index (χ1) is 17.6. The molecule has 8 nitrogen and oxygen atoms in total. The van der Waals surface area contributed by atoms with E-state index in [1.165, 1.54) is 16.0 Å². The number of likely N-dealkylation sites (tertiary alicyclic amines) is 1. The van der Waals surface area contributed by atoms with Crippen molar-refractivity contribution in [2.75, 3.05) is 29.4 Å². The first-order valence-corrected chi connectivity index (χ1v) is 12.5. The Balaban J connectivity index is 1.30. The normalized spacial score (nSPS) is 20.3. The summed E-state index contributed by atoms with van der Waals surface area (Å²) in [4.78, 5) is 26.9. The molecule has 12 heteroatoms. The molecule has 0 bridgehead atoms. The average molecular weight is 531 g/mol. The van der Waals surface area contributed by atoms with Crippen molar-refractivity contribution in [2.45, 2.75) is 56.8 Å². The van der Waals surface area contributed by atoms with Crippen molar-refractivity contribution in [3.8, 4) is 11.9 Å². The number of rotatable bonds is 5. The first-order valence-electron chi connectivity index (χ1n) is 12.1. The molecule has 1 aliphatic carbocycles. The lowest BCUT2D eigenvalue weighted by Gasteiger charge is -2.42. The predicted molar refractivity (Wildman–Crippen MR) is 133 cm³/mol. The number of aryl methyl sites for hydroxylation is 1. The van der Waals surface area contributed by atoms with E-state index in [0.29, 0.717) is 72.4 Å². The Labute approximate surface area is 217 Å². The molecule has 0 aromatic carbocycles. The van der Waals surface area contributed by atoms with Crippen LogP contribution in [-0.4, -0.2) is 63.3 Å². The maximum absolute atomic E-state index is 13.6. The van der Waals surface area contributed by atoms with E-state index in [1.54, 1.807) is 31.3 Å². The summed E-state index contributed by atoms with van der Waals surface area (Å²) < 4.78 is 43.8. The van der Waals surface area contributed by atoms with E-state index < -0.39 is 18.3 Å². The van der Waals surface area contributed by atoms with E-state index in [-0.39, 0.29) is 12.0 Å². The van der Waals surface area contributed by atoms with Gasteiger partial charge in [0.25, 0.3) is 5.91 Å². The summed E-state index contributed by atoms with van der Waals surface area (Å²) in [6.45, 7) is 1.49. The minimum atomic E-state index is -4.20. The zero-order chi connectivity index (χ0) is 26.4. The summed E-state index contributed by atoms with van der Waals surface area (Å²) in [5.74, 6) is 0.251. The van der Waals surface area contributed by atoms with Gasteiger partial charge in [-0.15, -0.1) is 0 Å². The zero-order valence-corrected chi connectivity index (χ0v) is 21.0. The van der Waals surface area contributed by atoms with Gasteiger partial charge < -0.3 is 9.64 Å². The summed E-state index contributed by atoms with van der Waals surface area (Å²) in [6.07, 6.45) is 1.86. The lowest BCUT2D eigenvalue weighted by Crippen LogP contribution is -2.55. The molecule has 0 N–H and O–H groups in total. The Morgan fingerprint density at radius 2 is 1.89 bits per heavy atom. The Hall–Kier alpha value is -3.30. The number of thiocarbonyl (C=S) groups is 1. The topological polar surface area (TPSA) is 85.6 Å². The molecule has 2 aromatic heterocycles. The fourth-order valence-corrected chi connectivity index (χ4v) is 5.66. The quantitative estimate of drug-likeness (QED) is 0.534. The van der Waals surface area contributed by atoms with Gasteiger partial charge in [0.2, 0.25) is 5.88 Å². The molecule has 0 unspecified atom stereocenters. The summed E-state index contributed by atoms with van der Waals surface area (Å²) in [5.41, 5.74) is 1.34. The van der Waals surface area contributed by atoms with Crippen molar-refractivity contribution in [3.63, 3.8) is 0 Å². The second kappa shape index (κ2) is 9.54. The summed E-state index contributed by atoms with van der Waals surface area (Å²) >= 11 is 5.76. The van der Waals surface area contributed by atoms with E-state index in [9.17, 15) is 23.2 Å². The van der Waals surface area contributed by atoms with Crippen LogP contribution in [0.25, 0.3) is 0 Å². The number of ether oxygens (including phenoxy) is 1. The van der Waals surface area contributed by atoms with Crippen LogP contribution in [0.4, 0.5) is 24.5 Å². The minimum absolute atomic E-state index is 0.124. The smallest absolute Gasteiger partial charge is 0.401 e. The van der Waals surface area contributed by atoms with Gasteiger partial charge in [0.15, 0.2) is 5.11 Å². The van der Waals surface area contributed by atoms with Crippen LogP contribution >= 0.6 is 12.2 Å². The average Bonchev–Trinajstić information content (AvgIpc) is 3.06. The van der Waals surface area contributed by atoms with Crippen molar-refractivity contribution in [1.29, 1.82) is 5.26 Å². The summed E-state index contributed by atoms with van der Waals surface area (Å²) in [7, 11) is 0. The van der Waals surface area contributed by atoms with E-state index in [2.05, 4.69) is 9.97 Å². The number of nitrogens with zero attached hydrogens (tertiary/aromatic N) is 6. The molecule has 4 heterocycles. The summed E-state index contributed by atoms with van der Waals surface area (Å²) in [6, 6.07) is 7.27. The molecule has 194 valence electrons. The third kappa shape index (κ3) is 4.73. The van der Waals surface area contributed by atoms with Crippen LogP contribution in [0.15, 0.2) is 30.6 Å². The van der Waals surface area contributed by atoms with Gasteiger partial charge in [-0.3, -0.25) is 14.6 Å². The van der Waals surface area contributed by atoms with Crippen molar-refractivity contribution in [3.05, 3.63) is 41.9 Å². The van der Waals surface area contributed by atoms with Gasteiger partial charge >= 0.3 is 6.18 Å². The number of carbonyl (C=O) groups excluding carboxylic acids is 1. The highest BCUT2D eigenvalue weighted by molar-refractivity contribution is 7.81. The standard InChI is InChI=1S/C25H25F3N6O2S/c1-16-11-18(14-30-20(16)12-29)33-22(35)24(7-2-8-24)34(23(33)37)17-3-4-21(31-13-17)36-19-5-9-32(10-6-19)15-25(26,27)28/h3-4,11,13-14,19H,2,5-10,15H2,1H3. The highest BCUT2D eigenvalue weighted by atomic mass is 32.1. The molecule has 1 spiro atoms. The van der Waals surface area contributed by atoms with Crippen LogP contribution in [0.3, 0.4) is 0 Å². The number of hydrogen-bond donors (Lipinski definition) is 0.